The van der Waals surface area contributed by atoms with E-state index in [-0.39, 0.29) is 23.7 Å². The zero-order chi connectivity index (χ0) is 31.7. The third-order valence-electron chi connectivity index (χ3n) is 8.26. The molecule has 0 aliphatic carbocycles. The van der Waals surface area contributed by atoms with Crippen LogP contribution in [0.3, 0.4) is 0 Å². The van der Waals surface area contributed by atoms with Crippen molar-refractivity contribution in [2.24, 2.45) is 7.05 Å². The Hall–Kier alpha value is -5.19. The van der Waals surface area contributed by atoms with Gasteiger partial charge >= 0.3 is 5.97 Å². The van der Waals surface area contributed by atoms with Crippen LogP contribution in [-0.4, -0.2) is 74.3 Å². The summed E-state index contributed by atoms with van der Waals surface area (Å²) in [6.45, 7) is 5.46. The summed E-state index contributed by atoms with van der Waals surface area (Å²) in [6, 6.07) is 11.6. The second kappa shape index (κ2) is 12.1. The van der Waals surface area contributed by atoms with Crippen LogP contribution in [-0.2, 0) is 7.05 Å². The number of ether oxygens (including phenoxy) is 3. The predicted octanol–water partition coefficient (Wildman–Crippen LogP) is 5.28. The van der Waals surface area contributed by atoms with Crippen LogP contribution in [0.2, 0.25) is 0 Å². The van der Waals surface area contributed by atoms with Crippen LogP contribution < -0.4 is 14.2 Å². The number of aromatic nitrogens is 3. The molecule has 11 nitrogen and oxygen atoms in total. The largest absolute Gasteiger partial charge is 0.493 e. The Labute approximate surface area is 260 Å². The number of carbonyl (C=O) groups excluding carboxylic acids is 2. The van der Waals surface area contributed by atoms with Crippen LogP contribution in [0.15, 0.2) is 61.1 Å². The summed E-state index contributed by atoms with van der Waals surface area (Å²) in [4.78, 5) is 44.6. The van der Waals surface area contributed by atoms with Crippen molar-refractivity contribution in [2.45, 2.75) is 38.7 Å². The number of benzene rings is 2. The van der Waals surface area contributed by atoms with E-state index in [2.05, 4.69) is 10.1 Å². The van der Waals surface area contributed by atoms with Gasteiger partial charge in [-0.15, -0.1) is 0 Å². The number of amides is 1. The molecule has 4 heterocycles. The maximum atomic E-state index is 13.8. The van der Waals surface area contributed by atoms with E-state index in [0.717, 1.165) is 11.1 Å². The summed E-state index contributed by atoms with van der Waals surface area (Å²) < 4.78 is 20.1. The van der Waals surface area contributed by atoms with Gasteiger partial charge in [0.05, 0.1) is 48.2 Å². The molecule has 0 unspecified atom stereocenters. The number of aromatic carboxylic acids is 1. The second-order valence-corrected chi connectivity index (χ2v) is 11.2. The zero-order valence-corrected chi connectivity index (χ0v) is 25.4. The quantitative estimate of drug-likeness (QED) is 0.283. The summed E-state index contributed by atoms with van der Waals surface area (Å²) in [7, 11) is 1.84. The highest BCUT2D eigenvalue weighted by Gasteiger charge is 2.44. The lowest BCUT2D eigenvalue weighted by Gasteiger charge is -2.44. The number of rotatable bonds is 8. The lowest BCUT2D eigenvalue weighted by Crippen LogP contribution is -2.52. The summed E-state index contributed by atoms with van der Waals surface area (Å²) in [5.41, 5.74) is 3.00. The van der Waals surface area contributed by atoms with Gasteiger partial charge in [-0.2, -0.15) is 5.10 Å². The molecule has 11 heteroatoms. The van der Waals surface area contributed by atoms with Crippen LogP contribution in [0.4, 0.5) is 0 Å². The SMILES string of the molecule is CCOc1cc(C(=O)N2CCC3(CC2)CC(=O)c2cc(-c4cc(C(=O)O)ccn4)ccc2O3)cc(OCC)c1-c1cnn(C)c1. The first-order chi connectivity index (χ1) is 21.7. The average Bonchev–Trinajstić information content (AvgIpc) is 3.46. The highest BCUT2D eigenvalue weighted by molar-refractivity contribution is 6.02. The third-order valence-corrected chi connectivity index (χ3v) is 8.26. The lowest BCUT2D eigenvalue weighted by atomic mass is 9.82. The molecule has 0 bridgehead atoms. The molecule has 4 aromatic rings. The van der Waals surface area contributed by atoms with Gasteiger partial charge in [0.15, 0.2) is 5.78 Å². The molecule has 1 spiro atoms. The number of carboxylic acid groups (broad SMARTS) is 1. The normalized spacial score (nSPS) is 15.4. The number of Topliss-reactive ketones (excluding diaryl/α,β-unsaturated/α-hetero) is 1. The first kappa shape index (κ1) is 29.9. The summed E-state index contributed by atoms with van der Waals surface area (Å²) >= 11 is 0. The van der Waals surface area contributed by atoms with Gasteiger partial charge in [-0.1, -0.05) is 0 Å². The molecule has 2 aliphatic heterocycles. The highest BCUT2D eigenvalue weighted by Crippen LogP contribution is 2.43. The Balaban J connectivity index is 1.20. The number of nitrogens with zero attached hydrogens (tertiary/aromatic N) is 4. The van der Waals surface area contributed by atoms with Gasteiger partial charge in [0.2, 0.25) is 0 Å². The fourth-order valence-corrected chi connectivity index (χ4v) is 6.04. The van der Waals surface area contributed by atoms with Crippen molar-refractivity contribution in [3.05, 3.63) is 77.7 Å². The van der Waals surface area contributed by atoms with Crippen molar-refractivity contribution in [1.29, 1.82) is 0 Å². The average molecular weight is 611 g/mol. The van der Waals surface area contributed by atoms with E-state index < -0.39 is 11.6 Å². The third kappa shape index (κ3) is 5.85. The molecule has 2 aliphatic rings. The molecule has 0 atom stereocenters. The predicted molar refractivity (Wildman–Crippen MR) is 165 cm³/mol. The molecule has 6 rings (SSSR count). The van der Waals surface area contributed by atoms with Gasteiger partial charge in [-0.3, -0.25) is 19.3 Å². The van der Waals surface area contributed by atoms with E-state index in [9.17, 15) is 19.5 Å². The highest BCUT2D eigenvalue weighted by atomic mass is 16.5. The van der Waals surface area contributed by atoms with E-state index in [0.29, 0.717) is 78.8 Å². The number of pyridine rings is 1. The first-order valence-electron chi connectivity index (χ1n) is 15.0. The van der Waals surface area contributed by atoms with E-state index in [1.807, 2.05) is 27.1 Å². The van der Waals surface area contributed by atoms with E-state index in [1.54, 1.807) is 46.1 Å². The minimum absolute atomic E-state index is 0.0547. The monoisotopic (exact) mass is 610 g/mol. The maximum absolute atomic E-state index is 13.8. The second-order valence-electron chi connectivity index (χ2n) is 11.2. The fourth-order valence-electron chi connectivity index (χ4n) is 6.04. The topological polar surface area (TPSA) is 133 Å². The Morgan fingerprint density at radius 2 is 1.69 bits per heavy atom. The molecule has 1 fully saturated rings. The lowest BCUT2D eigenvalue weighted by molar-refractivity contribution is -0.00573. The molecule has 232 valence electrons. The van der Waals surface area contributed by atoms with E-state index in [1.165, 1.54) is 18.3 Å². The molecule has 1 amide bonds. The molecule has 2 aromatic carbocycles. The number of carbonyl (C=O) groups is 3. The van der Waals surface area contributed by atoms with Gasteiger partial charge in [0, 0.05) is 62.1 Å². The smallest absolute Gasteiger partial charge is 0.335 e. The van der Waals surface area contributed by atoms with Crippen LogP contribution in [0.25, 0.3) is 22.4 Å². The van der Waals surface area contributed by atoms with E-state index >= 15 is 0 Å². The summed E-state index contributed by atoms with van der Waals surface area (Å²) in [5.74, 6) is 0.339. The first-order valence-corrected chi connectivity index (χ1v) is 15.0. The number of likely N-dealkylation sites (tertiary alicyclic amines) is 1. The van der Waals surface area contributed by atoms with Crippen molar-refractivity contribution in [3.8, 4) is 39.6 Å². The molecule has 45 heavy (non-hydrogen) atoms. The minimum atomic E-state index is -1.05. The molecular weight excluding hydrogens is 576 g/mol. The van der Waals surface area contributed by atoms with Crippen molar-refractivity contribution in [1.82, 2.24) is 19.7 Å². The number of aryl methyl sites for hydroxylation is 1. The molecule has 1 saturated heterocycles. The van der Waals surface area contributed by atoms with Crippen LogP contribution in [0.1, 0.15) is 64.2 Å². The Morgan fingerprint density at radius 3 is 2.31 bits per heavy atom. The summed E-state index contributed by atoms with van der Waals surface area (Å²) in [5, 5.41) is 13.6. The van der Waals surface area contributed by atoms with E-state index in [4.69, 9.17) is 14.2 Å². The van der Waals surface area contributed by atoms with Gasteiger partial charge < -0.3 is 24.2 Å². The standard InChI is InChI=1S/C34H34N4O7/c1-4-43-29-16-23(17-30(44-5-2)31(29)24-19-36-37(3)20-24)32(40)38-12-9-34(10-13-38)18-27(39)25-14-21(6-7-28(25)45-34)26-15-22(33(41)42)8-11-35-26/h6-8,11,14-17,19-20H,4-5,9-10,12-13,18H2,1-3H3,(H,41,42). The maximum Gasteiger partial charge on any atom is 0.335 e. The zero-order valence-electron chi connectivity index (χ0n) is 25.4. The Morgan fingerprint density at radius 1 is 0.978 bits per heavy atom. The van der Waals surface area contributed by atoms with Crippen molar-refractivity contribution < 1.29 is 33.7 Å². The Kier molecular flexibility index (Phi) is 8.01. The number of fused-ring (bicyclic) bond motifs is 1. The number of piperidine rings is 1. The Bertz CT molecular complexity index is 1760. The van der Waals surface area contributed by atoms with Crippen molar-refractivity contribution in [3.63, 3.8) is 0 Å². The minimum Gasteiger partial charge on any atom is -0.493 e. The molecule has 1 N–H and O–H groups in total. The van der Waals surface area contributed by atoms with Gasteiger partial charge in [0.1, 0.15) is 22.8 Å². The number of hydrogen-bond donors (Lipinski definition) is 1. The van der Waals surface area contributed by atoms with Gasteiger partial charge in [-0.25, -0.2) is 4.79 Å². The number of hydrogen-bond acceptors (Lipinski definition) is 8. The molecule has 0 radical (unpaired) electrons. The van der Waals surface area contributed by atoms with Crippen molar-refractivity contribution in [2.75, 3.05) is 26.3 Å². The van der Waals surface area contributed by atoms with Crippen LogP contribution in [0.5, 0.6) is 17.2 Å². The van der Waals surface area contributed by atoms with Gasteiger partial charge in [-0.05, 0) is 56.3 Å². The van der Waals surface area contributed by atoms with Crippen LogP contribution >= 0.6 is 0 Å². The molecule has 2 aromatic heterocycles. The molecular formula is C34H34N4O7. The fraction of sp³-hybridized carbons (Fsp3) is 0.324. The molecule has 0 saturated carbocycles. The van der Waals surface area contributed by atoms with Crippen molar-refractivity contribution >= 4 is 17.7 Å². The number of ketones is 1. The number of carboxylic acids is 1. The van der Waals surface area contributed by atoms with Gasteiger partial charge in [0.25, 0.3) is 5.91 Å². The van der Waals surface area contributed by atoms with Crippen LogP contribution in [0, 0.1) is 0 Å². The summed E-state index contributed by atoms with van der Waals surface area (Å²) in [6.07, 6.45) is 6.24.